The Morgan fingerprint density at radius 2 is 1.77 bits per heavy atom. The summed E-state index contributed by atoms with van der Waals surface area (Å²) in [7, 11) is 0. The topological polar surface area (TPSA) is 45.2 Å². The van der Waals surface area contributed by atoms with E-state index in [9.17, 15) is 4.79 Å². The van der Waals surface area contributed by atoms with Crippen molar-refractivity contribution in [1.82, 2.24) is 4.98 Å². The molecule has 132 valence electrons. The van der Waals surface area contributed by atoms with Gasteiger partial charge in [-0.2, -0.15) is 0 Å². The lowest BCUT2D eigenvalue weighted by molar-refractivity contribution is 0.102. The third-order valence-electron chi connectivity index (χ3n) is 4.23. The normalized spacial score (nSPS) is 10.4. The van der Waals surface area contributed by atoms with Crippen molar-refractivity contribution in [3.8, 4) is 0 Å². The standard InChI is InChI=1S/C22H23N3O/c1-4-25(20-7-5-6-17(3)14-20)21-13-12-19(15-23-21)24-22(26)18-10-8-16(2)9-11-18/h5-15H,4H2,1-3H3,(H,24,26). The Hall–Kier alpha value is -3.14. The lowest BCUT2D eigenvalue weighted by atomic mass is 10.1. The molecule has 4 heteroatoms. The number of carbonyl (C=O) groups excluding carboxylic acids is 1. The molecule has 1 aromatic heterocycles. The van der Waals surface area contributed by atoms with Crippen molar-refractivity contribution >= 4 is 23.1 Å². The summed E-state index contributed by atoms with van der Waals surface area (Å²) in [4.78, 5) is 19.0. The van der Waals surface area contributed by atoms with Gasteiger partial charge in [0.1, 0.15) is 5.82 Å². The predicted molar refractivity (Wildman–Crippen MR) is 107 cm³/mol. The van der Waals surface area contributed by atoms with Crippen LogP contribution in [-0.2, 0) is 0 Å². The van der Waals surface area contributed by atoms with E-state index < -0.39 is 0 Å². The first-order chi connectivity index (χ1) is 12.6. The number of nitrogens with one attached hydrogen (secondary N) is 1. The fourth-order valence-corrected chi connectivity index (χ4v) is 2.80. The molecule has 1 N–H and O–H groups in total. The molecule has 0 spiro atoms. The fourth-order valence-electron chi connectivity index (χ4n) is 2.80. The van der Waals surface area contributed by atoms with Gasteiger partial charge in [-0.25, -0.2) is 4.98 Å². The van der Waals surface area contributed by atoms with Gasteiger partial charge in [0, 0.05) is 17.8 Å². The van der Waals surface area contributed by atoms with Crippen molar-refractivity contribution in [2.75, 3.05) is 16.8 Å². The monoisotopic (exact) mass is 345 g/mol. The smallest absolute Gasteiger partial charge is 0.255 e. The number of benzene rings is 2. The van der Waals surface area contributed by atoms with Crippen LogP contribution in [0, 0.1) is 13.8 Å². The van der Waals surface area contributed by atoms with Gasteiger partial charge in [0.15, 0.2) is 0 Å². The number of rotatable bonds is 5. The van der Waals surface area contributed by atoms with Crippen LogP contribution in [0.25, 0.3) is 0 Å². The molecule has 0 aliphatic carbocycles. The van der Waals surface area contributed by atoms with E-state index in [1.165, 1.54) is 5.56 Å². The van der Waals surface area contributed by atoms with Gasteiger partial charge in [0.05, 0.1) is 11.9 Å². The molecule has 1 amide bonds. The van der Waals surface area contributed by atoms with Crippen LogP contribution in [0.3, 0.4) is 0 Å². The molecule has 0 saturated heterocycles. The summed E-state index contributed by atoms with van der Waals surface area (Å²) in [6.07, 6.45) is 1.69. The lowest BCUT2D eigenvalue weighted by Crippen LogP contribution is -2.18. The minimum Gasteiger partial charge on any atom is -0.327 e. The number of aromatic nitrogens is 1. The molecule has 26 heavy (non-hydrogen) atoms. The maximum Gasteiger partial charge on any atom is 0.255 e. The van der Waals surface area contributed by atoms with E-state index in [1.807, 2.05) is 49.4 Å². The van der Waals surface area contributed by atoms with E-state index in [-0.39, 0.29) is 5.91 Å². The zero-order valence-corrected chi connectivity index (χ0v) is 15.4. The molecule has 3 rings (SSSR count). The van der Waals surface area contributed by atoms with Gasteiger partial charge in [-0.05, 0) is 62.7 Å². The van der Waals surface area contributed by atoms with Crippen LogP contribution in [0.15, 0.2) is 66.9 Å². The van der Waals surface area contributed by atoms with Gasteiger partial charge < -0.3 is 10.2 Å². The summed E-state index contributed by atoms with van der Waals surface area (Å²) in [5, 5.41) is 2.89. The molecule has 0 radical (unpaired) electrons. The van der Waals surface area contributed by atoms with Crippen LogP contribution >= 0.6 is 0 Å². The Balaban J connectivity index is 1.75. The van der Waals surface area contributed by atoms with Gasteiger partial charge >= 0.3 is 0 Å². The van der Waals surface area contributed by atoms with Crippen molar-refractivity contribution in [3.05, 3.63) is 83.6 Å². The van der Waals surface area contributed by atoms with E-state index in [0.717, 1.165) is 23.6 Å². The van der Waals surface area contributed by atoms with Crippen molar-refractivity contribution in [2.24, 2.45) is 0 Å². The number of hydrogen-bond donors (Lipinski definition) is 1. The summed E-state index contributed by atoms with van der Waals surface area (Å²) in [6.45, 7) is 6.98. The van der Waals surface area contributed by atoms with E-state index in [0.29, 0.717) is 11.3 Å². The van der Waals surface area contributed by atoms with Gasteiger partial charge in [-0.1, -0.05) is 29.8 Å². The van der Waals surface area contributed by atoms with Crippen LogP contribution in [0.2, 0.25) is 0 Å². The molecule has 0 saturated carbocycles. The summed E-state index contributed by atoms with van der Waals surface area (Å²) in [6, 6.07) is 19.6. The fraction of sp³-hybridized carbons (Fsp3) is 0.182. The van der Waals surface area contributed by atoms with Crippen LogP contribution in [0.5, 0.6) is 0 Å². The molecule has 2 aromatic carbocycles. The number of aryl methyl sites for hydroxylation is 2. The highest BCUT2D eigenvalue weighted by Gasteiger charge is 2.10. The molecule has 0 unspecified atom stereocenters. The first-order valence-electron chi connectivity index (χ1n) is 8.75. The Kier molecular flexibility index (Phi) is 5.32. The lowest BCUT2D eigenvalue weighted by Gasteiger charge is -2.22. The molecule has 0 bridgehead atoms. The minimum absolute atomic E-state index is 0.134. The van der Waals surface area contributed by atoms with Gasteiger partial charge in [-0.3, -0.25) is 4.79 Å². The first kappa shape index (κ1) is 17.7. The second kappa shape index (κ2) is 7.83. The zero-order chi connectivity index (χ0) is 18.5. The number of amides is 1. The quantitative estimate of drug-likeness (QED) is 0.699. The second-order valence-electron chi connectivity index (χ2n) is 6.31. The number of carbonyl (C=O) groups is 1. The largest absolute Gasteiger partial charge is 0.327 e. The molecule has 0 aliphatic heterocycles. The van der Waals surface area contributed by atoms with E-state index >= 15 is 0 Å². The Labute approximate surface area is 154 Å². The summed E-state index contributed by atoms with van der Waals surface area (Å²) < 4.78 is 0. The molecular weight excluding hydrogens is 322 g/mol. The maximum absolute atomic E-state index is 12.3. The van der Waals surface area contributed by atoms with Crippen LogP contribution < -0.4 is 10.2 Å². The van der Waals surface area contributed by atoms with Crippen molar-refractivity contribution in [2.45, 2.75) is 20.8 Å². The Morgan fingerprint density at radius 1 is 1.00 bits per heavy atom. The molecule has 0 fully saturated rings. The molecular formula is C22H23N3O. The maximum atomic E-state index is 12.3. The number of pyridine rings is 1. The number of nitrogens with zero attached hydrogens (tertiary/aromatic N) is 2. The molecule has 0 aliphatic rings. The second-order valence-corrected chi connectivity index (χ2v) is 6.31. The van der Waals surface area contributed by atoms with Gasteiger partial charge in [-0.15, -0.1) is 0 Å². The number of hydrogen-bond acceptors (Lipinski definition) is 3. The zero-order valence-electron chi connectivity index (χ0n) is 15.4. The predicted octanol–water partition coefficient (Wildman–Crippen LogP) is 5.11. The molecule has 0 atom stereocenters. The van der Waals surface area contributed by atoms with Crippen molar-refractivity contribution in [1.29, 1.82) is 0 Å². The highest BCUT2D eigenvalue weighted by molar-refractivity contribution is 6.04. The Bertz CT molecular complexity index is 886. The highest BCUT2D eigenvalue weighted by Crippen LogP contribution is 2.25. The summed E-state index contributed by atoms with van der Waals surface area (Å²) in [5.74, 6) is 0.719. The minimum atomic E-state index is -0.134. The van der Waals surface area contributed by atoms with Crippen molar-refractivity contribution in [3.63, 3.8) is 0 Å². The van der Waals surface area contributed by atoms with Gasteiger partial charge in [0.2, 0.25) is 0 Å². The third kappa shape index (κ3) is 4.09. The van der Waals surface area contributed by atoms with Crippen LogP contribution in [0.1, 0.15) is 28.4 Å². The summed E-state index contributed by atoms with van der Waals surface area (Å²) in [5.41, 5.74) is 4.76. The summed E-state index contributed by atoms with van der Waals surface area (Å²) >= 11 is 0. The molecule has 4 nitrogen and oxygen atoms in total. The highest BCUT2D eigenvalue weighted by atomic mass is 16.1. The molecule has 3 aromatic rings. The number of anilines is 3. The third-order valence-corrected chi connectivity index (χ3v) is 4.23. The molecule has 1 heterocycles. The van der Waals surface area contributed by atoms with E-state index in [4.69, 9.17) is 0 Å². The van der Waals surface area contributed by atoms with Crippen molar-refractivity contribution < 1.29 is 4.79 Å². The first-order valence-corrected chi connectivity index (χ1v) is 8.75. The van der Waals surface area contributed by atoms with Crippen LogP contribution in [-0.4, -0.2) is 17.4 Å². The Morgan fingerprint density at radius 3 is 2.38 bits per heavy atom. The van der Waals surface area contributed by atoms with Crippen LogP contribution in [0.4, 0.5) is 17.2 Å². The SMILES string of the molecule is CCN(c1cccc(C)c1)c1ccc(NC(=O)c2ccc(C)cc2)cn1. The average Bonchev–Trinajstić information content (AvgIpc) is 2.64. The van der Waals surface area contributed by atoms with E-state index in [1.54, 1.807) is 6.20 Å². The van der Waals surface area contributed by atoms with E-state index in [2.05, 4.69) is 47.2 Å². The average molecular weight is 345 g/mol. The van der Waals surface area contributed by atoms with Gasteiger partial charge in [0.25, 0.3) is 5.91 Å².